The van der Waals surface area contributed by atoms with Crippen molar-refractivity contribution >= 4 is 23.5 Å². The summed E-state index contributed by atoms with van der Waals surface area (Å²) in [7, 11) is 0. The van der Waals surface area contributed by atoms with Crippen LogP contribution in [0.2, 0.25) is 5.02 Å². The Morgan fingerprint density at radius 1 is 1.35 bits per heavy atom. The van der Waals surface area contributed by atoms with Crippen molar-refractivity contribution in [3.8, 4) is 5.75 Å². The lowest BCUT2D eigenvalue weighted by Gasteiger charge is -2.29. The molecule has 1 aliphatic rings. The molecule has 1 heterocycles. The Hall–Kier alpha value is -1.79. The molecular weight excluding hydrogens is 320 g/mol. The van der Waals surface area contributed by atoms with Gasteiger partial charge in [0.1, 0.15) is 12.4 Å². The van der Waals surface area contributed by atoms with E-state index in [1.807, 2.05) is 4.90 Å². The van der Waals surface area contributed by atoms with Gasteiger partial charge in [-0.05, 0) is 44.1 Å². The van der Waals surface area contributed by atoms with Gasteiger partial charge < -0.3 is 15.2 Å². The second kappa shape index (κ2) is 8.74. The Morgan fingerprint density at radius 3 is 2.74 bits per heavy atom. The second-order valence-electron chi connectivity index (χ2n) is 5.54. The van der Waals surface area contributed by atoms with Gasteiger partial charge in [0.05, 0.1) is 19.0 Å². The average molecular weight is 341 g/mol. The number of aliphatic carboxylic acids is 1. The highest BCUT2D eigenvalue weighted by molar-refractivity contribution is 6.30. The highest BCUT2D eigenvalue weighted by atomic mass is 35.5. The fraction of sp³-hybridized carbons (Fsp3) is 0.500. The van der Waals surface area contributed by atoms with Crippen LogP contribution >= 0.6 is 11.6 Å². The lowest BCUT2D eigenvalue weighted by atomic mass is 9.97. The highest BCUT2D eigenvalue weighted by Crippen LogP contribution is 2.17. The molecule has 1 aliphatic heterocycles. The minimum absolute atomic E-state index is 0.0755. The Labute approximate surface area is 140 Å². The maximum absolute atomic E-state index is 11.8. The number of nitrogens with one attached hydrogen (secondary N) is 1. The van der Waals surface area contributed by atoms with Gasteiger partial charge in [0.2, 0.25) is 5.91 Å². The van der Waals surface area contributed by atoms with Gasteiger partial charge in [0.15, 0.2) is 0 Å². The summed E-state index contributed by atoms with van der Waals surface area (Å²) in [6.07, 6.45) is 1.20. The van der Waals surface area contributed by atoms with Crippen LogP contribution in [0.25, 0.3) is 0 Å². The van der Waals surface area contributed by atoms with E-state index in [-0.39, 0.29) is 11.8 Å². The van der Waals surface area contributed by atoms with Crippen LogP contribution < -0.4 is 10.1 Å². The molecule has 23 heavy (non-hydrogen) atoms. The zero-order valence-electron chi connectivity index (χ0n) is 12.8. The summed E-state index contributed by atoms with van der Waals surface area (Å²) in [5.41, 5.74) is 0. The molecule has 0 saturated carbocycles. The molecule has 2 rings (SSSR count). The number of carboxylic acids is 1. The Balaban J connectivity index is 1.59. The van der Waals surface area contributed by atoms with Crippen molar-refractivity contribution in [3.63, 3.8) is 0 Å². The number of ether oxygens (including phenoxy) is 1. The minimum atomic E-state index is -0.743. The minimum Gasteiger partial charge on any atom is -0.492 e. The average Bonchev–Trinajstić information content (AvgIpc) is 2.52. The van der Waals surface area contributed by atoms with Crippen LogP contribution in [-0.2, 0) is 9.59 Å². The summed E-state index contributed by atoms with van der Waals surface area (Å²) < 4.78 is 5.49. The van der Waals surface area contributed by atoms with E-state index in [2.05, 4.69) is 5.32 Å². The number of carbonyl (C=O) groups excluding carboxylic acids is 1. The number of rotatable bonds is 7. The number of carbonyl (C=O) groups is 2. The molecule has 0 bridgehead atoms. The van der Waals surface area contributed by atoms with E-state index in [0.717, 1.165) is 0 Å². The first-order chi connectivity index (χ1) is 11.0. The normalized spacial score (nSPS) is 16.0. The second-order valence-corrected chi connectivity index (χ2v) is 5.98. The summed E-state index contributed by atoms with van der Waals surface area (Å²) in [4.78, 5) is 24.7. The predicted octanol–water partition coefficient (Wildman–Crippen LogP) is 1.63. The number of piperidine rings is 1. The van der Waals surface area contributed by atoms with E-state index in [1.54, 1.807) is 24.3 Å². The number of hydrogen-bond donors (Lipinski definition) is 2. The number of amides is 1. The number of likely N-dealkylation sites (tertiary alicyclic amines) is 1. The molecule has 1 saturated heterocycles. The molecule has 126 valence electrons. The first-order valence-corrected chi connectivity index (χ1v) is 8.02. The topological polar surface area (TPSA) is 78.9 Å². The van der Waals surface area contributed by atoms with Gasteiger partial charge in [-0.2, -0.15) is 0 Å². The monoisotopic (exact) mass is 340 g/mol. The van der Waals surface area contributed by atoms with Crippen LogP contribution in [0.3, 0.4) is 0 Å². The van der Waals surface area contributed by atoms with E-state index in [9.17, 15) is 9.59 Å². The summed E-state index contributed by atoms with van der Waals surface area (Å²) in [5, 5.41) is 12.3. The molecule has 1 aromatic rings. The van der Waals surface area contributed by atoms with Crippen LogP contribution in [0.15, 0.2) is 24.3 Å². The van der Waals surface area contributed by atoms with Gasteiger partial charge >= 0.3 is 5.97 Å². The van der Waals surface area contributed by atoms with E-state index >= 15 is 0 Å². The SMILES string of the molecule is O=C(CN1CCC(C(=O)O)CC1)NCCOc1cccc(Cl)c1. The van der Waals surface area contributed by atoms with Crippen molar-refractivity contribution < 1.29 is 19.4 Å². The summed E-state index contributed by atoms with van der Waals surface area (Å²) >= 11 is 5.85. The maximum Gasteiger partial charge on any atom is 0.306 e. The van der Waals surface area contributed by atoms with Gasteiger partial charge in [0.25, 0.3) is 0 Å². The van der Waals surface area contributed by atoms with E-state index in [1.165, 1.54) is 0 Å². The largest absolute Gasteiger partial charge is 0.492 e. The van der Waals surface area contributed by atoms with E-state index < -0.39 is 5.97 Å². The number of carboxylic acid groups (broad SMARTS) is 1. The number of halogens is 1. The molecule has 2 N–H and O–H groups in total. The fourth-order valence-electron chi connectivity index (χ4n) is 2.51. The summed E-state index contributed by atoms with van der Waals surface area (Å²) in [6.45, 7) is 2.36. The first-order valence-electron chi connectivity index (χ1n) is 7.65. The predicted molar refractivity (Wildman–Crippen MR) is 86.8 cm³/mol. The molecular formula is C16H21ClN2O4. The lowest BCUT2D eigenvalue weighted by molar-refractivity contribution is -0.143. The number of hydrogen-bond acceptors (Lipinski definition) is 4. The van der Waals surface area contributed by atoms with Crippen molar-refractivity contribution in [1.29, 1.82) is 0 Å². The van der Waals surface area contributed by atoms with Crippen molar-refractivity contribution in [1.82, 2.24) is 10.2 Å². The summed E-state index contributed by atoms with van der Waals surface area (Å²) in [6, 6.07) is 7.09. The molecule has 0 spiro atoms. The van der Waals surface area contributed by atoms with Crippen LogP contribution in [0.5, 0.6) is 5.75 Å². The fourth-order valence-corrected chi connectivity index (χ4v) is 2.69. The third kappa shape index (κ3) is 6.08. The van der Waals surface area contributed by atoms with Gasteiger partial charge in [-0.3, -0.25) is 14.5 Å². The molecule has 0 aromatic heterocycles. The lowest BCUT2D eigenvalue weighted by Crippen LogP contribution is -2.43. The molecule has 7 heteroatoms. The van der Waals surface area contributed by atoms with Crippen molar-refractivity contribution in [3.05, 3.63) is 29.3 Å². The molecule has 1 amide bonds. The van der Waals surface area contributed by atoms with Crippen molar-refractivity contribution in [2.24, 2.45) is 5.92 Å². The van der Waals surface area contributed by atoms with Gasteiger partial charge in [-0.1, -0.05) is 17.7 Å². The van der Waals surface area contributed by atoms with Crippen LogP contribution in [-0.4, -0.2) is 54.7 Å². The van der Waals surface area contributed by atoms with Crippen LogP contribution in [0, 0.1) is 5.92 Å². The van der Waals surface area contributed by atoms with E-state index in [0.29, 0.717) is 56.4 Å². The van der Waals surface area contributed by atoms with Crippen LogP contribution in [0.4, 0.5) is 0 Å². The van der Waals surface area contributed by atoms with Gasteiger partial charge in [-0.15, -0.1) is 0 Å². The molecule has 0 atom stereocenters. The number of benzene rings is 1. The van der Waals surface area contributed by atoms with Crippen LogP contribution in [0.1, 0.15) is 12.8 Å². The molecule has 6 nitrogen and oxygen atoms in total. The maximum atomic E-state index is 11.8. The van der Waals surface area contributed by atoms with Gasteiger partial charge in [-0.25, -0.2) is 0 Å². The quantitative estimate of drug-likeness (QED) is 0.738. The molecule has 0 aliphatic carbocycles. The molecule has 0 unspecified atom stereocenters. The Kier molecular flexibility index (Phi) is 6.67. The Bertz CT molecular complexity index is 545. The smallest absolute Gasteiger partial charge is 0.306 e. The zero-order chi connectivity index (χ0) is 16.7. The zero-order valence-corrected chi connectivity index (χ0v) is 13.6. The molecule has 1 fully saturated rings. The first kappa shape index (κ1) is 17.6. The number of nitrogens with zero attached hydrogens (tertiary/aromatic N) is 1. The summed E-state index contributed by atoms with van der Waals surface area (Å²) in [5.74, 6) is -0.427. The Morgan fingerprint density at radius 2 is 2.09 bits per heavy atom. The third-order valence-corrected chi connectivity index (χ3v) is 4.03. The third-order valence-electron chi connectivity index (χ3n) is 3.79. The van der Waals surface area contributed by atoms with Crippen molar-refractivity contribution in [2.75, 3.05) is 32.8 Å². The molecule has 0 radical (unpaired) electrons. The molecule has 1 aromatic carbocycles. The highest BCUT2D eigenvalue weighted by Gasteiger charge is 2.25. The van der Waals surface area contributed by atoms with Crippen molar-refractivity contribution in [2.45, 2.75) is 12.8 Å². The van der Waals surface area contributed by atoms with E-state index in [4.69, 9.17) is 21.4 Å². The van der Waals surface area contributed by atoms with Gasteiger partial charge in [0, 0.05) is 5.02 Å². The standard InChI is InChI=1S/C16H21ClN2O4/c17-13-2-1-3-14(10-13)23-9-6-18-15(20)11-19-7-4-12(5-8-19)16(21)22/h1-3,10,12H,4-9,11H2,(H,18,20)(H,21,22).